The minimum Gasteiger partial charge on any atom is -0.482 e. The van der Waals surface area contributed by atoms with Crippen LogP contribution >= 0.6 is 0 Å². The van der Waals surface area contributed by atoms with E-state index in [0.29, 0.717) is 28.8 Å². The summed E-state index contributed by atoms with van der Waals surface area (Å²) in [7, 11) is 0. The van der Waals surface area contributed by atoms with Gasteiger partial charge in [-0.25, -0.2) is 4.98 Å². The largest absolute Gasteiger partial charge is 0.482 e. The molecule has 4 aromatic rings. The Kier molecular flexibility index (Phi) is 5.02. The summed E-state index contributed by atoms with van der Waals surface area (Å²) in [4.78, 5) is 30.8. The molecule has 2 N–H and O–H groups in total. The molecule has 0 fully saturated rings. The summed E-state index contributed by atoms with van der Waals surface area (Å²) in [5.74, 6) is 0.982. The lowest BCUT2D eigenvalue weighted by Crippen LogP contribution is -2.21. The maximum Gasteiger partial charge on any atom is 0.262 e. The van der Waals surface area contributed by atoms with Gasteiger partial charge in [-0.15, -0.1) is 10.2 Å². The zero-order valence-electron chi connectivity index (χ0n) is 15.6. The molecule has 2 aromatic carbocycles. The number of amides is 1. The van der Waals surface area contributed by atoms with E-state index in [1.54, 1.807) is 30.6 Å². The second-order valence-corrected chi connectivity index (χ2v) is 6.24. The minimum absolute atomic E-state index is 0.192. The van der Waals surface area contributed by atoms with E-state index in [1.807, 2.05) is 29.7 Å². The van der Waals surface area contributed by atoms with E-state index >= 15 is 0 Å². The molecule has 9 nitrogen and oxygen atoms in total. The number of nitrogens with one attached hydrogen (secondary N) is 2. The Labute approximate surface area is 165 Å². The average molecular weight is 390 g/mol. The summed E-state index contributed by atoms with van der Waals surface area (Å²) in [5.41, 5.74) is 1.53. The number of fused-ring (bicyclic) bond motifs is 1. The highest BCUT2D eigenvalue weighted by Crippen LogP contribution is 2.23. The normalized spacial score (nSPS) is 10.8. The van der Waals surface area contributed by atoms with Gasteiger partial charge in [0.15, 0.2) is 6.61 Å². The van der Waals surface area contributed by atoms with Gasteiger partial charge in [-0.2, -0.15) is 0 Å². The Bertz CT molecular complexity index is 1230. The maximum absolute atomic E-state index is 12.4. The lowest BCUT2D eigenvalue weighted by molar-refractivity contribution is -0.118. The van der Waals surface area contributed by atoms with Crippen molar-refractivity contribution in [3.63, 3.8) is 0 Å². The van der Waals surface area contributed by atoms with Crippen molar-refractivity contribution in [1.82, 2.24) is 24.7 Å². The molecule has 2 aromatic heterocycles. The Morgan fingerprint density at radius 2 is 2.10 bits per heavy atom. The van der Waals surface area contributed by atoms with Crippen LogP contribution in [0.5, 0.6) is 5.75 Å². The molecule has 146 valence electrons. The van der Waals surface area contributed by atoms with E-state index in [0.717, 1.165) is 11.5 Å². The van der Waals surface area contributed by atoms with Gasteiger partial charge in [0.05, 0.1) is 22.9 Å². The van der Waals surface area contributed by atoms with E-state index in [2.05, 4.69) is 25.5 Å². The van der Waals surface area contributed by atoms with Gasteiger partial charge in [-0.3, -0.25) is 14.2 Å². The summed E-state index contributed by atoms with van der Waals surface area (Å²) >= 11 is 0. The molecule has 29 heavy (non-hydrogen) atoms. The van der Waals surface area contributed by atoms with Gasteiger partial charge >= 0.3 is 0 Å². The van der Waals surface area contributed by atoms with Crippen LogP contribution in [-0.2, 0) is 11.2 Å². The Morgan fingerprint density at radius 3 is 2.97 bits per heavy atom. The van der Waals surface area contributed by atoms with E-state index in [9.17, 15) is 9.59 Å². The van der Waals surface area contributed by atoms with Crippen LogP contribution in [0.3, 0.4) is 0 Å². The highest BCUT2D eigenvalue weighted by molar-refractivity contribution is 5.94. The fourth-order valence-electron chi connectivity index (χ4n) is 2.97. The van der Waals surface area contributed by atoms with Crippen molar-refractivity contribution in [2.75, 3.05) is 11.9 Å². The number of aromatic amines is 1. The van der Waals surface area contributed by atoms with Gasteiger partial charge in [-0.1, -0.05) is 19.1 Å². The molecule has 4 rings (SSSR count). The molecule has 0 radical (unpaired) electrons. The van der Waals surface area contributed by atoms with Crippen LogP contribution in [0.2, 0.25) is 0 Å². The number of aryl methyl sites for hydroxylation is 1. The van der Waals surface area contributed by atoms with E-state index in [-0.39, 0.29) is 18.1 Å². The van der Waals surface area contributed by atoms with Crippen LogP contribution < -0.4 is 15.6 Å². The number of nitrogens with zero attached hydrogens (tertiary/aromatic N) is 4. The summed E-state index contributed by atoms with van der Waals surface area (Å²) in [6.07, 6.45) is 3.67. The van der Waals surface area contributed by atoms with Crippen molar-refractivity contribution in [3.8, 4) is 11.4 Å². The number of aromatic nitrogens is 5. The van der Waals surface area contributed by atoms with Crippen LogP contribution in [-0.4, -0.2) is 37.2 Å². The molecule has 0 atom stereocenters. The van der Waals surface area contributed by atoms with Gasteiger partial charge in [0.1, 0.15) is 17.9 Å². The van der Waals surface area contributed by atoms with Gasteiger partial charge in [-0.05, 0) is 30.3 Å². The second kappa shape index (κ2) is 7.93. The third kappa shape index (κ3) is 3.84. The van der Waals surface area contributed by atoms with Gasteiger partial charge in [0, 0.05) is 12.1 Å². The van der Waals surface area contributed by atoms with E-state index < -0.39 is 0 Å². The Balaban J connectivity index is 1.48. The molecule has 0 spiro atoms. The highest BCUT2D eigenvalue weighted by Gasteiger charge is 2.12. The maximum atomic E-state index is 12.4. The fraction of sp³-hybridized carbons (Fsp3) is 0.150. The number of ether oxygens (including phenoxy) is 1. The molecule has 1 amide bonds. The zero-order chi connectivity index (χ0) is 20.2. The minimum atomic E-state index is -0.348. The lowest BCUT2D eigenvalue weighted by Gasteiger charge is -2.13. The van der Waals surface area contributed by atoms with Gasteiger partial charge < -0.3 is 15.0 Å². The molecule has 0 aliphatic carbocycles. The first-order valence-electron chi connectivity index (χ1n) is 9.04. The van der Waals surface area contributed by atoms with Crippen LogP contribution in [0.15, 0.2) is 59.9 Å². The van der Waals surface area contributed by atoms with Gasteiger partial charge in [0.2, 0.25) is 0 Å². The number of carbonyl (C=O) groups excluding carboxylic acids is 1. The smallest absolute Gasteiger partial charge is 0.262 e. The molecule has 9 heteroatoms. The summed E-state index contributed by atoms with van der Waals surface area (Å²) < 4.78 is 7.57. The van der Waals surface area contributed by atoms with Crippen LogP contribution in [0, 0.1) is 0 Å². The standard InChI is InChI=1S/C20H18N6O3/c1-2-18-25-23-12-26(18)16-5-3-4-6-17(16)29-10-19(27)24-13-7-8-15-14(9-13)20(28)22-11-21-15/h3-9,11-12H,2,10H2,1H3,(H,24,27)(H,21,22,28). The van der Waals surface area contributed by atoms with Crippen molar-refractivity contribution in [2.45, 2.75) is 13.3 Å². The van der Waals surface area contributed by atoms with Crippen molar-refractivity contribution >= 4 is 22.5 Å². The number of rotatable bonds is 6. The predicted octanol–water partition coefficient (Wildman–Crippen LogP) is 2.08. The summed E-state index contributed by atoms with van der Waals surface area (Å²) in [6, 6.07) is 12.3. The first-order chi connectivity index (χ1) is 14.2. The zero-order valence-corrected chi connectivity index (χ0v) is 15.6. The van der Waals surface area contributed by atoms with Crippen LogP contribution in [0.1, 0.15) is 12.7 Å². The fourth-order valence-corrected chi connectivity index (χ4v) is 2.97. The number of benzene rings is 2. The molecule has 0 saturated heterocycles. The predicted molar refractivity (Wildman–Crippen MR) is 107 cm³/mol. The second-order valence-electron chi connectivity index (χ2n) is 6.24. The molecule has 0 bridgehead atoms. The number of anilines is 1. The third-order valence-corrected chi connectivity index (χ3v) is 4.34. The SMILES string of the molecule is CCc1nncn1-c1ccccc1OCC(=O)Nc1ccc2nc[nH]c(=O)c2c1. The van der Waals surface area contributed by atoms with Crippen molar-refractivity contribution < 1.29 is 9.53 Å². The molecule has 0 saturated carbocycles. The quantitative estimate of drug-likeness (QED) is 0.521. The first kappa shape index (κ1) is 18.4. The van der Waals surface area contributed by atoms with Crippen LogP contribution in [0.25, 0.3) is 16.6 Å². The van der Waals surface area contributed by atoms with E-state index in [1.165, 1.54) is 6.33 Å². The number of carbonyl (C=O) groups is 1. The number of para-hydroxylation sites is 2. The Hall–Kier alpha value is -4.01. The van der Waals surface area contributed by atoms with Crippen molar-refractivity contribution in [1.29, 1.82) is 0 Å². The average Bonchev–Trinajstić information content (AvgIpc) is 3.22. The molecular formula is C20H18N6O3. The molecular weight excluding hydrogens is 372 g/mol. The van der Waals surface area contributed by atoms with Crippen molar-refractivity contribution in [2.24, 2.45) is 0 Å². The molecule has 0 unspecified atom stereocenters. The third-order valence-electron chi connectivity index (χ3n) is 4.34. The van der Waals surface area contributed by atoms with Crippen molar-refractivity contribution in [3.05, 3.63) is 71.3 Å². The number of H-pyrrole nitrogens is 1. The molecule has 2 heterocycles. The molecule has 0 aliphatic heterocycles. The number of hydrogen-bond donors (Lipinski definition) is 2. The number of hydrogen-bond acceptors (Lipinski definition) is 6. The lowest BCUT2D eigenvalue weighted by atomic mass is 10.2. The summed E-state index contributed by atoms with van der Waals surface area (Å²) in [6.45, 7) is 1.80. The highest BCUT2D eigenvalue weighted by atomic mass is 16.5. The first-order valence-corrected chi connectivity index (χ1v) is 9.04. The van der Waals surface area contributed by atoms with E-state index in [4.69, 9.17) is 4.74 Å². The summed E-state index contributed by atoms with van der Waals surface area (Å²) in [5, 5.41) is 11.2. The monoisotopic (exact) mass is 390 g/mol. The Morgan fingerprint density at radius 1 is 1.24 bits per heavy atom. The molecule has 0 aliphatic rings. The van der Waals surface area contributed by atoms with Crippen LogP contribution in [0.4, 0.5) is 5.69 Å². The topological polar surface area (TPSA) is 115 Å². The van der Waals surface area contributed by atoms with Gasteiger partial charge in [0.25, 0.3) is 11.5 Å².